The van der Waals surface area contributed by atoms with Crippen molar-refractivity contribution in [1.29, 1.82) is 0 Å². The summed E-state index contributed by atoms with van der Waals surface area (Å²) in [5.41, 5.74) is 5.78. The smallest absolute Gasteiger partial charge is 0.227 e. The molecule has 0 saturated heterocycles. The monoisotopic (exact) mass is 459 g/mol. The molecule has 0 aliphatic carbocycles. The highest BCUT2D eigenvalue weighted by atomic mass is 16.5. The summed E-state index contributed by atoms with van der Waals surface area (Å²) < 4.78 is 17.1. The van der Waals surface area contributed by atoms with Crippen molar-refractivity contribution in [1.82, 2.24) is 4.90 Å². The Hall–Kier alpha value is -3.31. The highest BCUT2D eigenvalue weighted by Crippen LogP contribution is 2.25. The van der Waals surface area contributed by atoms with E-state index in [1.807, 2.05) is 29.2 Å². The molecule has 0 aromatic heterocycles. The number of amides is 1. The molecule has 5 nitrogen and oxygen atoms in total. The lowest BCUT2D eigenvalue weighted by atomic mass is 9.99. The second-order valence-electron chi connectivity index (χ2n) is 8.59. The number of carbonyl (C=O) groups is 1. The lowest BCUT2D eigenvalue weighted by Crippen LogP contribution is -2.35. The standard InChI is InChI=1S/C29H33NO4/c1-3-22-9-12-28-26(18-22)19-24-5-4-6-25(17-24)21-30(13-14-33-15-16-34-28)29(31)20-23-7-10-27(32-2)11-8-23/h4-12,17-18H,3,13-16,19-21H2,1-2H3. The van der Waals surface area contributed by atoms with Crippen molar-refractivity contribution >= 4 is 5.91 Å². The fourth-order valence-electron chi connectivity index (χ4n) is 4.22. The summed E-state index contributed by atoms with van der Waals surface area (Å²) in [6.07, 6.45) is 2.12. The number of hydrogen-bond donors (Lipinski definition) is 0. The van der Waals surface area contributed by atoms with Crippen LogP contribution >= 0.6 is 0 Å². The molecule has 5 heteroatoms. The predicted molar refractivity (Wildman–Crippen MR) is 133 cm³/mol. The summed E-state index contributed by atoms with van der Waals surface area (Å²) >= 11 is 0. The number of fused-ring (bicyclic) bond motifs is 3. The number of methoxy groups -OCH3 is 1. The van der Waals surface area contributed by atoms with Gasteiger partial charge < -0.3 is 19.1 Å². The number of ether oxygens (including phenoxy) is 3. The lowest BCUT2D eigenvalue weighted by molar-refractivity contribution is -0.131. The molecule has 1 aliphatic heterocycles. The Kier molecular flexibility index (Phi) is 8.21. The van der Waals surface area contributed by atoms with E-state index < -0.39 is 0 Å². The largest absolute Gasteiger partial charge is 0.497 e. The van der Waals surface area contributed by atoms with E-state index in [-0.39, 0.29) is 5.91 Å². The van der Waals surface area contributed by atoms with Crippen molar-refractivity contribution in [2.75, 3.05) is 33.5 Å². The molecule has 0 saturated carbocycles. The Labute approximate surface area is 202 Å². The molecule has 34 heavy (non-hydrogen) atoms. The van der Waals surface area contributed by atoms with Gasteiger partial charge in [-0.2, -0.15) is 0 Å². The van der Waals surface area contributed by atoms with Gasteiger partial charge in [0.25, 0.3) is 0 Å². The Balaban J connectivity index is 1.54. The van der Waals surface area contributed by atoms with Crippen LogP contribution in [-0.4, -0.2) is 44.3 Å². The SMILES string of the molecule is CCc1ccc2c(c1)Cc1cccc(c1)CN(C(=O)Cc1ccc(OC)cc1)CCOCCO2. The van der Waals surface area contributed by atoms with Crippen LogP contribution in [0.3, 0.4) is 0 Å². The van der Waals surface area contributed by atoms with Gasteiger partial charge in [-0.1, -0.05) is 55.5 Å². The van der Waals surface area contributed by atoms with Crippen molar-refractivity contribution in [3.8, 4) is 11.5 Å². The molecule has 0 fully saturated rings. The maximum absolute atomic E-state index is 13.2. The van der Waals surface area contributed by atoms with E-state index in [9.17, 15) is 4.79 Å². The molecule has 4 rings (SSSR count). The molecule has 2 bridgehead atoms. The molecule has 0 N–H and O–H groups in total. The van der Waals surface area contributed by atoms with Gasteiger partial charge in [0.2, 0.25) is 5.91 Å². The van der Waals surface area contributed by atoms with Gasteiger partial charge in [-0.15, -0.1) is 0 Å². The van der Waals surface area contributed by atoms with Gasteiger partial charge in [0.05, 0.1) is 26.7 Å². The predicted octanol–water partition coefficient (Wildman–Crippen LogP) is 4.83. The fourth-order valence-corrected chi connectivity index (χ4v) is 4.22. The molecule has 3 aromatic rings. The van der Waals surface area contributed by atoms with Crippen LogP contribution in [0, 0.1) is 0 Å². The summed E-state index contributed by atoms with van der Waals surface area (Å²) in [6, 6.07) is 22.6. The molecule has 0 spiro atoms. The van der Waals surface area contributed by atoms with Gasteiger partial charge in [0.1, 0.15) is 18.1 Å². The van der Waals surface area contributed by atoms with E-state index in [0.29, 0.717) is 39.3 Å². The summed E-state index contributed by atoms with van der Waals surface area (Å²) in [7, 11) is 1.64. The average Bonchev–Trinajstić information content (AvgIpc) is 2.86. The highest BCUT2D eigenvalue weighted by Gasteiger charge is 2.16. The average molecular weight is 460 g/mol. The third kappa shape index (κ3) is 6.39. The molecule has 1 aliphatic rings. The third-order valence-electron chi connectivity index (χ3n) is 6.15. The molecule has 0 unspecified atom stereocenters. The van der Waals surface area contributed by atoms with Crippen LogP contribution in [0.15, 0.2) is 66.7 Å². The summed E-state index contributed by atoms with van der Waals surface area (Å²) in [5, 5.41) is 0. The highest BCUT2D eigenvalue weighted by molar-refractivity contribution is 5.78. The minimum atomic E-state index is 0.0837. The van der Waals surface area contributed by atoms with Crippen LogP contribution in [-0.2, 0) is 35.3 Å². The van der Waals surface area contributed by atoms with Crippen molar-refractivity contribution < 1.29 is 19.0 Å². The maximum atomic E-state index is 13.2. The molecule has 3 aromatic carbocycles. The van der Waals surface area contributed by atoms with E-state index in [1.54, 1.807) is 7.11 Å². The van der Waals surface area contributed by atoms with Crippen LogP contribution in [0.2, 0.25) is 0 Å². The zero-order valence-electron chi connectivity index (χ0n) is 20.1. The molecule has 1 heterocycles. The van der Waals surface area contributed by atoms with Crippen LogP contribution in [0.25, 0.3) is 0 Å². The maximum Gasteiger partial charge on any atom is 0.227 e. The molecule has 1 amide bonds. The number of nitrogens with zero attached hydrogens (tertiary/aromatic N) is 1. The van der Waals surface area contributed by atoms with Crippen LogP contribution in [0.4, 0.5) is 0 Å². The molecular formula is C29H33NO4. The first-order valence-electron chi connectivity index (χ1n) is 12.0. The van der Waals surface area contributed by atoms with Crippen molar-refractivity contribution in [2.45, 2.75) is 32.7 Å². The van der Waals surface area contributed by atoms with Crippen molar-refractivity contribution in [3.63, 3.8) is 0 Å². The van der Waals surface area contributed by atoms with Gasteiger partial charge in [-0.25, -0.2) is 0 Å². The zero-order chi connectivity index (χ0) is 23.8. The quantitative estimate of drug-likeness (QED) is 0.561. The second-order valence-corrected chi connectivity index (χ2v) is 8.59. The second kappa shape index (κ2) is 11.7. The molecular weight excluding hydrogens is 426 g/mol. The first-order chi connectivity index (χ1) is 16.6. The van der Waals surface area contributed by atoms with Gasteiger partial charge in [0, 0.05) is 19.5 Å². The van der Waals surface area contributed by atoms with Crippen LogP contribution < -0.4 is 9.47 Å². The summed E-state index contributed by atoms with van der Waals surface area (Å²) in [5.74, 6) is 1.79. The van der Waals surface area contributed by atoms with E-state index in [1.165, 1.54) is 16.7 Å². The number of aryl methyl sites for hydroxylation is 1. The van der Waals surface area contributed by atoms with E-state index in [2.05, 4.69) is 49.4 Å². The third-order valence-corrected chi connectivity index (χ3v) is 6.15. The Morgan fingerprint density at radius 2 is 1.74 bits per heavy atom. The Morgan fingerprint density at radius 1 is 0.941 bits per heavy atom. The lowest BCUT2D eigenvalue weighted by Gasteiger charge is -2.24. The number of benzene rings is 3. The topological polar surface area (TPSA) is 48.0 Å². The molecule has 0 atom stereocenters. The van der Waals surface area contributed by atoms with Crippen molar-refractivity contribution in [2.24, 2.45) is 0 Å². The van der Waals surface area contributed by atoms with Gasteiger partial charge in [-0.3, -0.25) is 4.79 Å². The Bertz CT molecular complexity index is 1090. The molecule has 0 radical (unpaired) electrons. The van der Waals surface area contributed by atoms with Crippen molar-refractivity contribution in [3.05, 3.63) is 94.5 Å². The molecule has 178 valence electrons. The first kappa shape index (κ1) is 23.8. The van der Waals surface area contributed by atoms with E-state index in [4.69, 9.17) is 14.2 Å². The van der Waals surface area contributed by atoms with Crippen LogP contribution in [0.1, 0.15) is 34.7 Å². The van der Waals surface area contributed by atoms with Gasteiger partial charge >= 0.3 is 0 Å². The van der Waals surface area contributed by atoms with Crippen LogP contribution in [0.5, 0.6) is 11.5 Å². The minimum absolute atomic E-state index is 0.0837. The normalized spacial score (nSPS) is 14.5. The fraction of sp³-hybridized carbons (Fsp3) is 0.345. The number of rotatable bonds is 4. The number of carbonyl (C=O) groups excluding carboxylic acids is 1. The van der Waals surface area contributed by atoms with E-state index >= 15 is 0 Å². The zero-order valence-corrected chi connectivity index (χ0v) is 20.1. The van der Waals surface area contributed by atoms with Gasteiger partial charge in [0.15, 0.2) is 0 Å². The summed E-state index contributed by atoms with van der Waals surface area (Å²) in [6.45, 7) is 4.70. The van der Waals surface area contributed by atoms with E-state index in [0.717, 1.165) is 35.5 Å². The minimum Gasteiger partial charge on any atom is -0.497 e. The van der Waals surface area contributed by atoms with Gasteiger partial charge in [-0.05, 0) is 52.4 Å². The number of hydrogen-bond acceptors (Lipinski definition) is 4. The Morgan fingerprint density at radius 3 is 2.53 bits per heavy atom. The summed E-state index contributed by atoms with van der Waals surface area (Å²) in [4.78, 5) is 15.1. The first-order valence-corrected chi connectivity index (χ1v) is 12.0.